The molecule has 0 unspecified atom stereocenters. The highest BCUT2D eigenvalue weighted by atomic mass is 32.2. The van der Waals surface area contributed by atoms with Crippen LogP contribution in [0.3, 0.4) is 0 Å². The van der Waals surface area contributed by atoms with Crippen molar-refractivity contribution >= 4 is 27.5 Å². The maximum Gasteiger partial charge on any atom is 0.251 e. The molecule has 1 aromatic carbocycles. The minimum Gasteiger partial charge on any atom is -0.352 e. The van der Waals surface area contributed by atoms with Gasteiger partial charge < -0.3 is 10.6 Å². The molecule has 1 aliphatic rings. The number of piperidine rings is 1. The van der Waals surface area contributed by atoms with Gasteiger partial charge in [0.15, 0.2) is 0 Å². The van der Waals surface area contributed by atoms with Gasteiger partial charge in [0.1, 0.15) is 0 Å². The summed E-state index contributed by atoms with van der Waals surface area (Å²) in [4.78, 5) is 24.7. The van der Waals surface area contributed by atoms with Crippen LogP contribution >= 0.6 is 0 Å². The number of hydrogen-bond donors (Lipinski definition) is 2. The number of benzene rings is 1. The van der Waals surface area contributed by atoms with E-state index in [2.05, 4.69) is 10.6 Å². The number of carbonyl (C=O) groups excluding carboxylic acids is 2. The molecule has 27 heavy (non-hydrogen) atoms. The number of amides is 2. The molecule has 1 aliphatic heterocycles. The topological polar surface area (TPSA) is 95.6 Å². The van der Waals surface area contributed by atoms with E-state index in [1.165, 1.54) is 10.6 Å². The van der Waals surface area contributed by atoms with Crippen molar-refractivity contribution in [2.24, 2.45) is 11.8 Å². The number of carbonyl (C=O) groups is 2. The Balaban J connectivity index is 1.95. The lowest BCUT2D eigenvalue weighted by Crippen LogP contribution is -2.40. The van der Waals surface area contributed by atoms with Crippen LogP contribution < -0.4 is 10.6 Å². The summed E-state index contributed by atoms with van der Waals surface area (Å²) in [5.74, 6) is -0.0692. The first-order valence-corrected chi connectivity index (χ1v) is 11.1. The van der Waals surface area contributed by atoms with Gasteiger partial charge in [0.25, 0.3) is 5.91 Å². The van der Waals surface area contributed by atoms with Gasteiger partial charge in [-0.1, -0.05) is 13.8 Å². The second-order valence-electron chi connectivity index (χ2n) is 7.56. The van der Waals surface area contributed by atoms with Gasteiger partial charge in [-0.3, -0.25) is 9.59 Å². The summed E-state index contributed by atoms with van der Waals surface area (Å²) < 4.78 is 24.5. The molecule has 0 spiro atoms. The molecule has 1 fully saturated rings. The predicted octanol–water partition coefficient (Wildman–Crippen LogP) is 1.99. The van der Waals surface area contributed by atoms with Gasteiger partial charge in [-0.2, -0.15) is 0 Å². The van der Waals surface area contributed by atoms with Crippen molar-refractivity contribution in [1.82, 2.24) is 9.62 Å². The van der Waals surface area contributed by atoms with Crippen LogP contribution in [0.4, 0.5) is 5.69 Å². The van der Waals surface area contributed by atoms with Gasteiger partial charge in [-0.15, -0.1) is 0 Å². The van der Waals surface area contributed by atoms with Gasteiger partial charge in [-0.05, 0) is 49.4 Å². The highest BCUT2D eigenvalue weighted by molar-refractivity contribution is 7.88. The zero-order valence-corrected chi connectivity index (χ0v) is 17.2. The molecule has 0 radical (unpaired) electrons. The van der Waals surface area contributed by atoms with Crippen LogP contribution in [0.2, 0.25) is 0 Å². The zero-order chi connectivity index (χ0) is 20.2. The molecule has 150 valence electrons. The Kier molecular flexibility index (Phi) is 7.00. The molecule has 7 nitrogen and oxygen atoms in total. The van der Waals surface area contributed by atoms with E-state index >= 15 is 0 Å². The lowest BCUT2D eigenvalue weighted by molar-refractivity contribution is -0.120. The van der Waals surface area contributed by atoms with Crippen LogP contribution in [0.25, 0.3) is 0 Å². The van der Waals surface area contributed by atoms with E-state index in [0.717, 1.165) is 5.56 Å². The highest BCUT2D eigenvalue weighted by Crippen LogP contribution is 2.23. The van der Waals surface area contributed by atoms with E-state index in [-0.39, 0.29) is 17.7 Å². The number of nitrogens with zero attached hydrogens (tertiary/aromatic N) is 1. The molecule has 1 aromatic rings. The zero-order valence-electron chi connectivity index (χ0n) is 16.4. The van der Waals surface area contributed by atoms with Crippen LogP contribution in [-0.4, -0.2) is 50.4 Å². The van der Waals surface area contributed by atoms with Crippen LogP contribution in [0, 0.1) is 18.8 Å². The lowest BCUT2D eigenvalue weighted by atomic mass is 9.97. The SMILES string of the molecule is Cc1cc(C(=O)NCC(C)C)ccc1NC(=O)C1CCN(S(C)(=O)=O)CC1. The fourth-order valence-electron chi connectivity index (χ4n) is 3.03. The fourth-order valence-corrected chi connectivity index (χ4v) is 3.90. The third-order valence-electron chi connectivity index (χ3n) is 4.71. The standard InChI is InChI=1S/C19H29N3O4S/c1-13(2)12-20-18(23)16-5-6-17(14(3)11-16)21-19(24)15-7-9-22(10-8-15)27(4,25)26/h5-6,11,13,15H,7-10,12H2,1-4H3,(H,20,23)(H,21,24). The quantitative estimate of drug-likeness (QED) is 0.770. The Bertz CT molecular complexity index is 797. The van der Waals surface area contributed by atoms with Crippen LogP contribution in [0.15, 0.2) is 18.2 Å². The molecule has 1 saturated heterocycles. The number of nitrogens with one attached hydrogen (secondary N) is 2. The maximum atomic E-state index is 12.5. The number of rotatable bonds is 6. The molecule has 0 atom stereocenters. The van der Waals surface area contributed by atoms with E-state index in [0.29, 0.717) is 49.6 Å². The van der Waals surface area contributed by atoms with Crippen molar-refractivity contribution < 1.29 is 18.0 Å². The molecular formula is C19H29N3O4S. The van der Waals surface area contributed by atoms with Crippen LogP contribution in [0.1, 0.15) is 42.6 Å². The summed E-state index contributed by atoms with van der Waals surface area (Å²) in [5, 5.41) is 5.79. The Labute approximate surface area is 161 Å². The van der Waals surface area contributed by atoms with E-state index in [1.807, 2.05) is 20.8 Å². The predicted molar refractivity (Wildman–Crippen MR) is 106 cm³/mol. The Morgan fingerprint density at radius 3 is 2.37 bits per heavy atom. The van der Waals surface area contributed by atoms with Crippen molar-refractivity contribution in [2.75, 3.05) is 31.2 Å². The first-order valence-electron chi connectivity index (χ1n) is 9.22. The van der Waals surface area contributed by atoms with Gasteiger partial charge in [0.05, 0.1) is 6.26 Å². The third-order valence-corrected chi connectivity index (χ3v) is 6.01. The molecule has 1 heterocycles. The number of aryl methyl sites for hydroxylation is 1. The molecule has 2 rings (SSSR count). The van der Waals surface area contributed by atoms with Gasteiger partial charge in [0, 0.05) is 36.8 Å². The molecule has 0 aliphatic carbocycles. The average Bonchev–Trinajstić information content (AvgIpc) is 2.60. The monoisotopic (exact) mass is 395 g/mol. The van der Waals surface area contributed by atoms with Crippen molar-refractivity contribution in [1.29, 1.82) is 0 Å². The Morgan fingerprint density at radius 1 is 1.22 bits per heavy atom. The molecule has 0 bridgehead atoms. The number of sulfonamides is 1. The second kappa shape index (κ2) is 8.84. The summed E-state index contributed by atoms with van der Waals surface area (Å²) in [7, 11) is -3.20. The normalized spacial score (nSPS) is 16.3. The van der Waals surface area contributed by atoms with Crippen LogP contribution in [-0.2, 0) is 14.8 Å². The van der Waals surface area contributed by atoms with Gasteiger partial charge in [-0.25, -0.2) is 12.7 Å². The number of hydrogen-bond acceptors (Lipinski definition) is 4. The fraction of sp³-hybridized carbons (Fsp3) is 0.579. The minimum absolute atomic E-state index is 0.108. The largest absolute Gasteiger partial charge is 0.352 e. The molecule has 8 heteroatoms. The first kappa shape index (κ1) is 21.4. The van der Waals surface area contributed by atoms with Gasteiger partial charge >= 0.3 is 0 Å². The van der Waals surface area contributed by atoms with E-state index in [1.54, 1.807) is 18.2 Å². The van der Waals surface area contributed by atoms with E-state index in [9.17, 15) is 18.0 Å². The molecular weight excluding hydrogens is 366 g/mol. The summed E-state index contributed by atoms with van der Waals surface area (Å²) >= 11 is 0. The number of anilines is 1. The lowest BCUT2D eigenvalue weighted by Gasteiger charge is -2.29. The van der Waals surface area contributed by atoms with E-state index < -0.39 is 10.0 Å². The highest BCUT2D eigenvalue weighted by Gasteiger charge is 2.29. The third kappa shape index (κ3) is 6.04. The van der Waals surface area contributed by atoms with Gasteiger partial charge in [0.2, 0.25) is 15.9 Å². The van der Waals surface area contributed by atoms with Crippen molar-refractivity contribution in [3.8, 4) is 0 Å². The average molecular weight is 396 g/mol. The Morgan fingerprint density at radius 2 is 1.85 bits per heavy atom. The molecule has 2 N–H and O–H groups in total. The molecule has 0 saturated carbocycles. The summed E-state index contributed by atoms with van der Waals surface area (Å²) in [6, 6.07) is 5.20. The van der Waals surface area contributed by atoms with Crippen molar-refractivity contribution in [3.63, 3.8) is 0 Å². The summed E-state index contributed by atoms with van der Waals surface area (Å²) in [6.45, 7) is 7.26. The van der Waals surface area contributed by atoms with Crippen molar-refractivity contribution in [2.45, 2.75) is 33.6 Å². The second-order valence-corrected chi connectivity index (χ2v) is 9.54. The first-order chi connectivity index (χ1) is 12.6. The molecule has 0 aromatic heterocycles. The smallest absolute Gasteiger partial charge is 0.251 e. The minimum atomic E-state index is -3.20. The summed E-state index contributed by atoms with van der Waals surface area (Å²) in [5.41, 5.74) is 2.05. The maximum absolute atomic E-state index is 12.5. The van der Waals surface area contributed by atoms with Crippen molar-refractivity contribution in [3.05, 3.63) is 29.3 Å². The Hall–Kier alpha value is -1.93. The molecule has 2 amide bonds. The van der Waals surface area contributed by atoms with E-state index in [4.69, 9.17) is 0 Å². The van der Waals surface area contributed by atoms with Crippen LogP contribution in [0.5, 0.6) is 0 Å². The summed E-state index contributed by atoms with van der Waals surface area (Å²) in [6.07, 6.45) is 2.21.